The van der Waals surface area contributed by atoms with E-state index in [2.05, 4.69) is 47.6 Å². The summed E-state index contributed by atoms with van der Waals surface area (Å²) >= 11 is 7.43. The Morgan fingerprint density at radius 1 is 0.952 bits per heavy atom. The van der Waals surface area contributed by atoms with E-state index in [0.29, 0.717) is 0 Å². The van der Waals surface area contributed by atoms with E-state index >= 15 is 0 Å². The molecule has 0 fully saturated rings. The van der Waals surface area contributed by atoms with Crippen molar-refractivity contribution in [3.8, 4) is 10.6 Å². The summed E-state index contributed by atoms with van der Waals surface area (Å²) in [6.45, 7) is 4.16. The number of halogens is 1. The van der Waals surface area contributed by atoms with E-state index in [1.807, 2.05) is 24.3 Å². The van der Waals surface area contributed by atoms with Gasteiger partial charge in [-0.3, -0.25) is 0 Å². The van der Waals surface area contributed by atoms with Crippen molar-refractivity contribution < 1.29 is 0 Å². The van der Waals surface area contributed by atoms with Gasteiger partial charge in [-0.25, -0.2) is 0 Å². The molecule has 2 aromatic carbocycles. The lowest BCUT2D eigenvalue weighted by atomic mass is 10.1. The lowest BCUT2D eigenvalue weighted by Crippen LogP contribution is -1.95. The molecular formula is C16H14ClN3S. The topological polar surface area (TPSA) is 37.8 Å². The Kier molecular flexibility index (Phi) is 3.90. The molecule has 0 saturated heterocycles. The molecule has 0 saturated carbocycles. The van der Waals surface area contributed by atoms with E-state index in [-0.39, 0.29) is 0 Å². The minimum atomic E-state index is 0.720. The predicted molar refractivity (Wildman–Crippen MR) is 89.6 cm³/mol. The molecule has 1 heterocycles. The van der Waals surface area contributed by atoms with Crippen LogP contribution in [0, 0.1) is 13.8 Å². The average molecular weight is 316 g/mol. The second-order valence-corrected chi connectivity index (χ2v) is 6.23. The maximum absolute atomic E-state index is 5.90. The van der Waals surface area contributed by atoms with Crippen LogP contribution in [0.25, 0.3) is 10.6 Å². The number of aromatic nitrogens is 2. The number of hydrogen-bond donors (Lipinski definition) is 1. The van der Waals surface area contributed by atoms with E-state index in [0.717, 1.165) is 26.4 Å². The van der Waals surface area contributed by atoms with Gasteiger partial charge in [-0.05, 0) is 37.1 Å². The summed E-state index contributed by atoms with van der Waals surface area (Å²) in [6.07, 6.45) is 0. The molecule has 0 aliphatic carbocycles. The molecule has 21 heavy (non-hydrogen) atoms. The summed E-state index contributed by atoms with van der Waals surface area (Å²) in [5.41, 5.74) is 4.50. The summed E-state index contributed by atoms with van der Waals surface area (Å²) in [5.74, 6) is 0. The van der Waals surface area contributed by atoms with Gasteiger partial charge >= 0.3 is 0 Å². The maximum atomic E-state index is 5.90. The first-order valence-corrected chi connectivity index (χ1v) is 7.75. The van der Waals surface area contributed by atoms with Crippen molar-refractivity contribution in [2.24, 2.45) is 0 Å². The van der Waals surface area contributed by atoms with Crippen LogP contribution in [0.3, 0.4) is 0 Å². The molecule has 0 bridgehead atoms. The highest BCUT2D eigenvalue weighted by atomic mass is 35.5. The molecule has 1 N–H and O–H groups in total. The van der Waals surface area contributed by atoms with Gasteiger partial charge in [-0.2, -0.15) is 0 Å². The van der Waals surface area contributed by atoms with E-state index in [9.17, 15) is 0 Å². The minimum absolute atomic E-state index is 0.720. The smallest absolute Gasteiger partial charge is 0.210 e. The zero-order valence-corrected chi connectivity index (χ0v) is 13.3. The Morgan fingerprint density at radius 3 is 2.29 bits per heavy atom. The number of aryl methyl sites for hydroxylation is 2. The lowest BCUT2D eigenvalue weighted by Gasteiger charge is -2.09. The first-order chi connectivity index (χ1) is 10.1. The molecule has 0 amide bonds. The van der Waals surface area contributed by atoms with Crippen molar-refractivity contribution in [2.75, 3.05) is 5.32 Å². The number of nitrogens with one attached hydrogen (secondary N) is 1. The molecule has 0 atom stereocenters. The van der Waals surface area contributed by atoms with E-state index in [1.54, 1.807) is 0 Å². The Balaban J connectivity index is 1.87. The number of rotatable bonds is 3. The highest BCUT2D eigenvalue weighted by molar-refractivity contribution is 7.18. The van der Waals surface area contributed by atoms with Crippen LogP contribution in [0.15, 0.2) is 42.5 Å². The molecular weight excluding hydrogens is 302 g/mol. The van der Waals surface area contributed by atoms with Crippen LogP contribution in [-0.4, -0.2) is 10.2 Å². The molecule has 106 valence electrons. The van der Waals surface area contributed by atoms with Gasteiger partial charge in [0.2, 0.25) is 5.13 Å². The molecule has 3 aromatic rings. The van der Waals surface area contributed by atoms with Gasteiger partial charge in [0.05, 0.1) is 0 Å². The number of para-hydroxylation sites is 1. The summed E-state index contributed by atoms with van der Waals surface area (Å²) in [5, 5.41) is 14.2. The number of nitrogens with zero attached hydrogens (tertiary/aromatic N) is 2. The third kappa shape index (κ3) is 3.06. The third-order valence-electron chi connectivity index (χ3n) is 3.23. The average Bonchev–Trinajstić information content (AvgIpc) is 2.92. The highest BCUT2D eigenvalue weighted by Crippen LogP contribution is 2.31. The number of benzene rings is 2. The fourth-order valence-electron chi connectivity index (χ4n) is 2.10. The predicted octanol–water partition coefficient (Wildman–Crippen LogP) is 5.22. The van der Waals surface area contributed by atoms with E-state index in [4.69, 9.17) is 11.6 Å². The van der Waals surface area contributed by atoms with Crippen LogP contribution in [0.5, 0.6) is 0 Å². The van der Waals surface area contributed by atoms with E-state index < -0.39 is 0 Å². The Labute approximate surface area is 132 Å². The quantitative estimate of drug-likeness (QED) is 0.720. The van der Waals surface area contributed by atoms with Gasteiger partial charge in [0, 0.05) is 16.3 Å². The number of hydrogen-bond acceptors (Lipinski definition) is 4. The highest BCUT2D eigenvalue weighted by Gasteiger charge is 2.09. The van der Waals surface area contributed by atoms with Crippen LogP contribution in [0.2, 0.25) is 5.02 Å². The van der Waals surface area contributed by atoms with Crippen LogP contribution >= 0.6 is 22.9 Å². The van der Waals surface area contributed by atoms with E-state index in [1.165, 1.54) is 22.5 Å². The van der Waals surface area contributed by atoms with Crippen molar-refractivity contribution >= 4 is 33.8 Å². The van der Waals surface area contributed by atoms with Crippen molar-refractivity contribution in [1.29, 1.82) is 0 Å². The van der Waals surface area contributed by atoms with Gasteiger partial charge in [0.25, 0.3) is 0 Å². The van der Waals surface area contributed by atoms with Crippen molar-refractivity contribution in [2.45, 2.75) is 13.8 Å². The van der Waals surface area contributed by atoms with Gasteiger partial charge in [0.1, 0.15) is 5.01 Å². The van der Waals surface area contributed by atoms with Crippen LogP contribution in [-0.2, 0) is 0 Å². The molecule has 1 aromatic heterocycles. The largest absolute Gasteiger partial charge is 0.330 e. The fraction of sp³-hybridized carbons (Fsp3) is 0.125. The van der Waals surface area contributed by atoms with Gasteiger partial charge < -0.3 is 5.32 Å². The zero-order valence-electron chi connectivity index (χ0n) is 11.7. The normalized spacial score (nSPS) is 10.6. The van der Waals surface area contributed by atoms with Crippen LogP contribution < -0.4 is 5.32 Å². The van der Waals surface area contributed by atoms with Crippen LogP contribution in [0.1, 0.15) is 11.1 Å². The summed E-state index contributed by atoms with van der Waals surface area (Å²) in [7, 11) is 0. The summed E-state index contributed by atoms with van der Waals surface area (Å²) in [6, 6.07) is 13.8. The molecule has 0 aliphatic heterocycles. The van der Waals surface area contributed by atoms with Crippen LogP contribution in [0.4, 0.5) is 10.8 Å². The standard InChI is InChI=1S/C16H14ClN3S/c1-10-4-3-5-11(2)14(10)18-16-20-19-15(21-16)12-6-8-13(17)9-7-12/h3-9H,1-2H3,(H,18,20). The second-order valence-electron chi connectivity index (χ2n) is 4.81. The molecule has 5 heteroatoms. The van der Waals surface area contributed by atoms with Crippen molar-refractivity contribution in [3.05, 3.63) is 58.6 Å². The monoisotopic (exact) mass is 315 g/mol. The number of anilines is 2. The molecule has 0 radical (unpaired) electrons. The molecule has 3 nitrogen and oxygen atoms in total. The second kappa shape index (κ2) is 5.84. The first kappa shape index (κ1) is 14.0. The maximum Gasteiger partial charge on any atom is 0.210 e. The lowest BCUT2D eigenvalue weighted by molar-refractivity contribution is 1.10. The van der Waals surface area contributed by atoms with Crippen molar-refractivity contribution in [3.63, 3.8) is 0 Å². The molecule has 3 rings (SSSR count). The van der Waals surface area contributed by atoms with Gasteiger partial charge in [0.15, 0.2) is 0 Å². The molecule has 0 aliphatic rings. The summed E-state index contributed by atoms with van der Waals surface area (Å²) in [4.78, 5) is 0. The molecule has 0 unspecified atom stereocenters. The first-order valence-electron chi connectivity index (χ1n) is 6.56. The minimum Gasteiger partial charge on any atom is -0.330 e. The summed E-state index contributed by atoms with van der Waals surface area (Å²) < 4.78 is 0. The Hall–Kier alpha value is -1.91. The Morgan fingerprint density at radius 2 is 1.62 bits per heavy atom. The Bertz CT molecular complexity index is 745. The SMILES string of the molecule is Cc1cccc(C)c1Nc1nnc(-c2ccc(Cl)cc2)s1. The fourth-order valence-corrected chi connectivity index (χ4v) is 2.98. The zero-order chi connectivity index (χ0) is 14.8. The van der Waals surface area contributed by atoms with Gasteiger partial charge in [-0.1, -0.05) is 53.3 Å². The molecule has 0 spiro atoms. The third-order valence-corrected chi connectivity index (χ3v) is 4.37. The van der Waals surface area contributed by atoms with Gasteiger partial charge in [-0.15, -0.1) is 10.2 Å². The van der Waals surface area contributed by atoms with Crippen molar-refractivity contribution in [1.82, 2.24) is 10.2 Å².